The van der Waals surface area contributed by atoms with E-state index in [4.69, 9.17) is 14.2 Å². The smallest absolute Gasteiger partial charge is 0.206 e. The minimum atomic E-state index is -0.982. The first kappa shape index (κ1) is 48.8. The van der Waals surface area contributed by atoms with Crippen molar-refractivity contribution in [2.75, 3.05) is 0 Å². The zero-order valence-corrected chi connectivity index (χ0v) is 41.7. The summed E-state index contributed by atoms with van der Waals surface area (Å²) in [6.45, 7) is 32.3. The molecular weight excluding hydrogens is 737 g/mol. The van der Waals surface area contributed by atoms with E-state index in [1.807, 2.05) is 6.92 Å². The standard InChI is InChI=1S/C56H92O4/c1-37(2)19-15-21-39(5)23-17-25-41(7)27-32-54(13)34-29-47-48-30-36-56(60-51(48)44(10)43(9)50(47)58-54)49-31-35-55(14,59-52(49)45(11)46(12)53(56)57)33-28-42(8)26-18-24-40(6)22-16-20-38(3)4/h37-42H,15-36H2,1-14H3. The number of benzene rings is 1. The minimum Gasteiger partial charge on any atom is -0.487 e. The normalized spacial score (nSPS) is 26.0. The van der Waals surface area contributed by atoms with E-state index < -0.39 is 5.60 Å². The fourth-order valence-electron chi connectivity index (χ4n) is 11.2. The molecular formula is C56H92O4. The molecule has 3 heterocycles. The van der Waals surface area contributed by atoms with E-state index in [0.29, 0.717) is 12.3 Å². The van der Waals surface area contributed by atoms with Crippen LogP contribution in [-0.2, 0) is 22.4 Å². The second-order valence-electron chi connectivity index (χ2n) is 22.8. The van der Waals surface area contributed by atoms with Crippen LogP contribution in [0, 0.1) is 49.4 Å². The summed E-state index contributed by atoms with van der Waals surface area (Å²) < 4.78 is 21.4. The Balaban J connectivity index is 1.21. The SMILES string of the molecule is CC1=C(C)C2=C(CCC(C)(CCC(C)CCCC(C)CCCC(C)C)O2)C2(CCc3c4c(c(C)c(C)c3O2)OC(C)(CCC(C)CCCC(C)CCCC(C)C)CC4)C1=O. The number of ketones is 1. The lowest BCUT2D eigenvalue weighted by molar-refractivity contribution is -0.131. The van der Waals surface area contributed by atoms with E-state index in [1.54, 1.807) is 0 Å². The van der Waals surface area contributed by atoms with E-state index in [-0.39, 0.29) is 17.0 Å². The second-order valence-corrected chi connectivity index (χ2v) is 22.8. The molecule has 1 spiro atoms. The summed E-state index contributed by atoms with van der Waals surface area (Å²) in [7, 11) is 0. The summed E-state index contributed by atoms with van der Waals surface area (Å²) in [4.78, 5) is 14.6. The molecule has 4 heteroatoms. The molecule has 60 heavy (non-hydrogen) atoms. The van der Waals surface area contributed by atoms with E-state index in [0.717, 1.165) is 114 Å². The average molecular weight is 829 g/mol. The summed E-state index contributed by atoms with van der Waals surface area (Å²) in [5.74, 6) is 7.83. The number of fused-ring (bicyclic) bond motifs is 4. The third-order valence-electron chi connectivity index (χ3n) is 16.1. The first-order valence-corrected chi connectivity index (χ1v) is 25.5. The summed E-state index contributed by atoms with van der Waals surface area (Å²) in [5, 5.41) is 0. The Morgan fingerprint density at radius 1 is 0.483 bits per heavy atom. The molecule has 3 aliphatic heterocycles. The van der Waals surface area contributed by atoms with Crippen molar-refractivity contribution in [3.63, 3.8) is 0 Å². The Hall–Kier alpha value is -2.23. The van der Waals surface area contributed by atoms with Crippen molar-refractivity contribution in [1.29, 1.82) is 0 Å². The van der Waals surface area contributed by atoms with Gasteiger partial charge in [-0.1, -0.05) is 132 Å². The van der Waals surface area contributed by atoms with Crippen LogP contribution in [-0.4, -0.2) is 22.6 Å². The Morgan fingerprint density at radius 3 is 1.37 bits per heavy atom. The predicted octanol–water partition coefficient (Wildman–Crippen LogP) is 16.3. The molecule has 5 rings (SSSR count). The van der Waals surface area contributed by atoms with Gasteiger partial charge in [0, 0.05) is 28.7 Å². The van der Waals surface area contributed by atoms with Crippen molar-refractivity contribution in [1.82, 2.24) is 0 Å². The highest BCUT2D eigenvalue weighted by atomic mass is 16.5. The van der Waals surface area contributed by atoms with Gasteiger partial charge < -0.3 is 14.2 Å². The molecule has 340 valence electrons. The lowest BCUT2D eigenvalue weighted by Gasteiger charge is -2.49. The van der Waals surface area contributed by atoms with Crippen LogP contribution in [0.2, 0.25) is 0 Å². The fourth-order valence-corrected chi connectivity index (χ4v) is 11.2. The maximum absolute atomic E-state index is 14.6. The summed E-state index contributed by atoms with van der Waals surface area (Å²) in [6, 6.07) is 0. The quantitative estimate of drug-likeness (QED) is 0.117. The number of rotatable bonds is 22. The molecule has 4 aliphatic rings. The molecule has 0 saturated carbocycles. The van der Waals surface area contributed by atoms with Crippen molar-refractivity contribution >= 4 is 5.78 Å². The van der Waals surface area contributed by atoms with Gasteiger partial charge in [0.25, 0.3) is 0 Å². The van der Waals surface area contributed by atoms with Gasteiger partial charge in [-0.05, 0) is 152 Å². The lowest BCUT2D eigenvalue weighted by atomic mass is 9.69. The van der Waals surface area contributed by atoms with Gasteiger partial charge in [-0.15, -0.1) is 0 Å². The average Bonchev–Trinajstić information content (AvgIpc) is 3.19. The second kappa shape index (κ2) is 21.0. The van der Waals surface area contributed by atoms with Gasteiger partial charge in [-0.25, -0.2) is 0 Å². The van der Waals surface area contributed by atoms with E-state index >= 15 is 0 Å². The summed E-state index contributed by atoms with van der Waals surface area (Å²) in [5.41, 5.74) is 6.43. The Labute approximate surface area is 370 Å². The highest BCUT2D eigenvalue weighted by Gasteiger charge is 2.55. The van der Waals surface area contributed by atoms with Crippen LogP contribution >= 0.6 is 0 Å². The Kier molecular flexibility index (Phi) is 17.1. The summed E-state index contributed by atoms with van der Waals surface area (Å²) >= 11 is 0. The van der Waals surface area contributed by atoms with Crippen LogP contribution in [0.15, 0.2) is 22.5 Å². The van der Waals surface area contributed by atoms with Gasteiger partial charge in [0.05, 0.1) is 0 Å². The third kappa shape index (κ3) is 11.9. The highest BCUT2D eigenvalue weighted by Crippen LogP contribution is 2.54. The minimum absolute atomic E-state index is 0.136. The monoisotopic (exact) mass is 829 g/mol. The maximum atomic E-state index is 14.6. The van der Waals surface area contributed by atoms with Crippen LogP contribution in [0.4, 0.5) is 0 Å². The molecule has 4 nitrogen and oxygen atoms in total. The third-order valence-corrected chi connectivity index (χ3v) is 16.1. The molecule has 1 aromatic rings. The van der Waals surface area contributed by atoms with Gasteiger partial charge in [0.15, 0.2) is 5.60 Å². The maximum Gasteiger partial charge on any atom is 0.206 e. The number of hydrogen-bond donors (Lipinski definition) is 0. The number of carbonyl (C=O) groups is 1. The van der Waals surface area contributed by atoms with Crippen LogP contribution in [0.3, 0.4) is 0 Å². The van der Waals surface area contributed by atoms with Gasteiger partial charge in [-0.2, -0.15) is 0 Å². The molecule has 0 fully saturated rings. The molecule has 0 saturated heterocycles. The molecule has 7 unspecified atom stereocenters. The van der Waals surface area contributed by atoms with Crippen LogP contribution in [0.25, 0.3) is 0 Å². The van der Waals surface area contributed by atoms with Gasteiger partial charge in [0.1, 0.15) is 28.5 Å². The van der Waals surface area contributed by atoms with E-state index in [1.165, 1.54) is 107 Å². The van der Waals surface area contributed by atoms with Crippen LogP contribution < -0.4 is 9.47 Å². The summed E-state index contributed by atoms with van der Waals surface area (Å²) in [6.07, 6.45) is 26.0. The molecule has 0 aromatic heterocycles. The first-order chi connectivity index (χ1) is 28.3. The number of allylic oxidation sites excluding steroid dienone is 1. The number of hydrogen-bond acceptors (Lipinski definition) is 4. The topological polar surface area (TPSA) is 44.8 Å². The molecule has 1 aromatic carbocycles. The number of Topliss-reactive ketones (excluding diaryl/α,β-unsaturated/α-hetero) is 1. The molecule has 1 aliphatic carbocycles. The van der Waals surface area contributed by atoms with Crippen molar-refractivity contribution in [3.05, 3.63) is 44.7 Å². The van der Waals surface area contributed by atoms with Crippen LogP contribution in [0.5, 0.6) is 11.5 Å². The van der Waals surface area contributed by atoms with Gasteiger partial charge in [0.2, 0.25) is 5.78 Å². The molecule has 0 bridgehead atoms. The largest absolute Gasteiger partial charge is 0.487 e. The van der Waals surface area contributed by atoms with Crippen molar-refractivity contribution < 1.29 is 19.0 Å². The van der Waals surface area contributed by atoms with Gasteiger partial charge in [-0.3, -0.25) is 4.79 Å². The van der Waals surface area contributed by atoms with Crippen molar-refractivity contribution in [3.8, 4) is 11.5 Å². The Morgan fingerprint density at radius 2 is 0.883 bits per heavy atom. The van der Waals surface area contributed by atoms with Crippen LogP contribution in [0.1, 0.15) is 234 Å². The Bertz CT molecular complexity index is 1680. The van der Waals surface area contributed by atoms with Crippen molar-refractivity contribution in [2.24, 2.45) is 35.5 Å². The van der Waals surface area contributed by atoms with Gasteiger partial charge >= 0.3 is 0 Å². The number of ether oxygens (including phenoxy) is 3. The molecule has 0 radical (unpaired) electrons. The number of carbonyl (C=O) groups excluding carboxylic acids is 1. The first-order valence-electron chi connectivity index (χ1n) is 25.5. The van der Waals surface area contributed by atoms with E-state index in [2.05, 4.69) is 90.0 Å². The fraction of sp³-hybridized carbons (Fsp3) is 0.804. The highest BCUT2D eigenvalue weighted by molar-refractivity contribution is 6.07. The molecule has 0 amide bonds. The lowest BCUT2D eigenvalue weighted by Crippen LogP contribution is -2.54. The zero-order valence-electron chi connectivity index (χ0n) is 41.7. The zero-order chi connectivity index (χ0) is 44.0. The molecule has 7 atom stereocenters. The van der Waals surface area contributed by atoms with E-state index in [9.17, 15) is 4.79 Å². The van der Waals surface area contributed by atoms with Crippen molar-refractivity contribution in [2.45, 2.75) is 255 Å². The molecule has 0 N–H and O–H groups in total. The predicted molar refractivity (Wildman–Crippen MR) is 254 cm³/mol.